The second-order valence-corrected chi connectivity index (χ2v) is 7.99. The van der Waals surface area contributed by atoms with Crippen LogP contribution >= 0.6 is 0 Å². The van der Waals surface area contributed by atoms with Gasteiger partial charge in [0.1, 0.15) is 6.04 Å². The van der Waals surface area contributed by atoms with Crippen LogP contribution < -0.4 is 19.7 Å². The van der Waals surface area contributed by atoms with E-state index < -0.39 is 11.0 Å². The maximum atomic E-state index is 13.5. The van der Waals surface area contributed by atoms with Gasteiger partial charge >= 0.3 is 0 Å². The molecule has 8 nitrogen and oxygen atoms in total. The molecule has 2 heterocycles. The van der Waals surface area contributed by atoms with E-state index in [1.165, 1.54) is 6.07 Å². The number of hydrogen-bond acceptors (Lipinski definition) is 6. The molecule has 1 aliphatic carbocycles. The fourth-order valence-corrected chi connectivity index (χ4v) is 4.76. The predicted octanol–water partition coefficient (Wildman–Crippen LogP) is 3.49. The van der Waals surface area contributed by atoms with E-state index in [-0.39, 0.29) is 24.4 Å². The van der Waals surface area contributed by atoms with Crippen molar-refractivity contribution in [3.63, 3.8) is 0 Å². The summed E-state index contributed by atoms with van der Waals surface area (Å²) in [7, 11) is 0. The van der Waals surface area contributed by atoms with Gasteiger partial charge in [0.05, 0.1) is 16.6 Å². The maximum absolute atomic E-state index is 13.5. The summed E-state index contributed by atoms with van der Waals surface area (Å²) in [6.07, 6.45) is 4.86. The van der Waals surface area contributed by atoms with Gasteiger partial charge in [0.25, 0.3) is 5.69 Å². The molecule has 3 aliphatic rings. The zero-order valence-electron chi connectivity index (χ0n) is 16.5. The van der Waals surface area contributed by atoms with Crippen LogP contribution in [0.5, 0.6) is 11.5 Å². The van der Waals surface area contributed by atoms with Crippen molar-refractivity contribution in [3.05, 3.63) is 57.6 Å². The predicted molar refractivity (Wildman–Crippen MR) is 110 cm³/mol. The smallest absolute Gasteiger partial charge is 0.279 e. The molecule has 0 aromatic heterocycles. The van der Waals surface area contributed by atoms with Crippen LogP contribution in [0.15, 0.2) is 36.4 Å². The first-order valence-electron chi connectivity index (χ1n) is 10.3. The van der Waals surface area contributed by atoms with E-state index in [9.17, 15) is 14.9 Å². The van der Waals surface area contributed by atoms with E-state index in [0.717, 1.165) is 43.4 Å². The Morgan fingerprint density at radius 3 is 2.67 bits per heavy atom. The second-order valence-electron chi connectivity index (χ2n) is 7.99. The maximum Gasteiger partial charge on any atom is 0.279 e. The third-order valence-corrected chi connectivity index (χ3v) is 6.20. The highest BCUT2D eigenvalue weighted by molar-refractivity contribution is 5.89. The molecule has 2 aromatic rings. The Morgan fingerprint density at radius 1 is 1.17 bits per heavy atom. The molecule has 8 heteroatoms. The van der Waals surface area contributed by atoms with E-state index in [4.69, 9.17) is 9.47 Å². The normalized spacial score (nSPS) is 18.3. The Kier molecular flexibility index (Phi) is 4.69. The van der Waals surface area contributed by atoms with Crippen molar-refractivity contribution in [2.75, 3.05) is 18.2 Å². The van der Waals surface area contributed by atoms with Crippen LogP contribution in [-0.4, -0.2) is 30.2 Å². The number of carbonyl (C=O) groups is 1. The first kappa shape index (κ1) is 18.7. The van der Waals surface area contributed by atoms with Crippen molar-refractivity contribution in [2.45, 2.75) is 44.2 Å². The summed E-state index contributed by atoms with van der Waals surface area (Å²) in [5.74, 6) is 0.560. The summed E-state index contributed by atoms with van der Waals surface area (Å²) in [5.41, 5.74) is 2.28. The molecule has 156 valence electrons. The van der Waals surface area contributed by atoms with Crippen molar-refractivity contribution >= 4 is 17.3 Å². The average molecular weight is 409 g/mol. The standard InChI is InChI=1S/C22H23N3O5/c26-22(23-15-6-2-3-7-15)21(24-10-9-14-5-1-4-8-17(14)24)16-11-19-20(30-13-29-19)12-18(16)25(27)28/h1,4-5,8,11-12,15,21H,2-3,6-7,9-10,13H2,(H,23,26). The number of nitro benzene ring substituents is 1. The molecule has 0 spiro atoms. The number of benzene rings is 2. The number of para-hydroxylation sites is 1. The molecule has 1 atom stereocenters. The molecule has 30 heavy (non-hydrogen) atoms. The summed E-state index contributed by atoms with van der Waals surface area (Å²) in [6, 6.07) is 10.2. The number of anilines is 1. The summed E-state index contributed by atoms with van der Waals surface area (Å²) in [4.78, 5) is 27.0. The number of rotatable bonds is 5. The average Bonchev–Trinajstić information content (AvgIpc) is 3.48. The van der Waals surface area contributed by atoms with E-state index in [1.807, 2.05) is 29.2 Å². The quantitative estimate of drug-likeness (QED) is 0.600. The topological polar surface area (TPSA) is 93.9 Å². The zero-order chi connectivity index (χ0) is 20.7. The first-order valence-corrected chi connectivity index (χ1v) is 10.3. The van der Waals surface area contributed by atoms with E-state index >= 15 is 0 Å². The van der Waals surface area contributed by atoms with Crippen LogP contribution in [0.4, 0.5) is 11.4 Å². The number of nitro groups is 1. The van der Waals surface area contributed by atoms with Crippen LogP contribution in [0.3, 0.4) is 0 Å². The molecule has 1 saturated carbocycles. The minimum Gasteiger partial charge on any atom is -0.454 e. The van der Waals surface area contributed by atoms with Gasteiger partial charge in [-0.3, -0.25) is 14.9 Å². The lowest BCUT2D eigenvalue weighted by atomic mass is 10.00. The molecule has 2 aliphatic heterocycles. The summed E-state index contributed by atoms with van der Waals surface area (Å²) in [6.45, 7) is 0.634. The van der Waals surface area contributed by atoms with Gasteiger partial charge in [0, 0.05) is 18.3 Å². The lowest BCUT2D eigenvalue weighted by molar-refractivity contribution is -0.385. The highest BCUT2D eigenvalue weighted by Crippen LogP contribution is 2.44. The van der Waals surface area contributed by atoms with Gasteiger partial charge in [-0.1, -0.05) is 31.0 Å². The molecule has 0 saturated heterocycles. The van der Waals surface area contributed by atoms with Gasteiger partial charge in [-0.05, 0) is 37.0 Å². The van der Waals surface area contributed by atoms with Crippen molar-refractivity contribution in [2.24, 2.45) is 0 Å². The zero-order valence-corrected chi connectivity index (χ0v) is 16.5. The second kappa shape index (κ2) is 7.51. The summed E-state index contributed by atoms with van der Waals surface area (Å²) >= 11 is 0. The van der Waals surface area contributed by atoms with Crippen LogP contribution in [0, 0.1) is 10.1 Å². The van der Waals surface area contributed by atoms with Crippen LogP contribution in [0.2, 0.25) is 0 Å². The van der Waals surface area contributed by atoms with E-state index in [0.29, 0.717) is 23.6 Å². The van der Waals surface area contributed by atoms with Crippen molar-refractivity contribution < 1.29 is 19.2 Å². The Balaban J connectivity index is 1.60. The summed E-state index contributed by atoms with van der Waals surface area (Å²) in [5, 5.41) is 15.1. The van der Waals surface area contributed by atoms with Crippen molar-refractivity contribution in [3.8, 4) is 11.5 Å². The molecule has 2 aromatic carbocycles. The molecule has 0 radical (unpaired) electrons. The highest BCUT2D eigenvalue weighted by atomic mass is 16.7. The number of carbonyl (C=O) groups excluding carboxylic acids is 1. The monoisotopic (exact) mass is 409 g/mol. The van der Waals surface area contributed by atoms with E-state index in [2.05, 4.69) is 5.32 Å². The molecular formula is C22H23N3O5. The Bertz CT molecular complexity index is 1000. The number of nitrogens with zero attached hydrogens (tertiary/aromatic N) is 2. The van der Waals surface area contributed by atoms with Gasteiger partial charge in [-0.2, -0.15) is 0 Å². The summed E-state index contributed by atoms with van der Waals surface area (Å²) < 4.78 is 10.8. The third kappa shape index (κ3) is 3.22. The van der Waals surface area contributed by atoms with Gasteiger partial charge in [-0.25, -0.2) is 0 Å². The lowest BCUT2D eigenvalue weighted by Crippen LogP contribution is -2.43. The van der Waals surface area contributed by atoms with Gasteiger partial charge < -0.3 is 19.7 Å². The van der Waals surface area contributed by atoms with Crippen LogP contribution in [-0.2, 0) is 11.2 Å². The van der Waals surface area contributed by atoms with Gasteiger partial charge in [0.2, 0.25) is 12.7 Å². The Labute approximate surface area is 173 Å². The molecule has 1 fully saturated rings. The van der Waals surface area contributed by atoms with Crippen molar-refractivity contribution in [1.29, 1.82) is 0 Å². The largest absolute Gasteiger partial charge is 0.454 e. The molecule has 1 N–H and O–H groups in total. The number of ether oxygens (including phenoxy) is 2. The molecule has 0 bridgehead atoms. The number of hydrogen-bond donors (Lipinski definition) is 1. The van der Waals surface area contributed by atoms with Crippen LogP contribution in [0.1, 0.15) is 42.9 Å². The number of fused-ring (bicyclic) bond motifs is 2. The molecule has 1 amide bonds. The third-order valence-electron chi connectivity index (χ3n) is 6.20. The Morgan fingerprint density at radius 2 is 1.90 bits per heavy atom. The molecule has 5 rings (SSSR count). The fourth-order valence-electron chi connectivity index (χ4n) is 4.76. The molecular weight excluding hydrogens is 386 g/mol. The fraction of sp³-hybridized carbons (Fsp3) is 0.409. The molecule has 1 unspecified atom stereocenters. The highest BCUT2D eigenvalue weighted by Gasteiger charge is 2.39. The minimum atomic E-state index is -0.816. The van der Waals surface area contributed by atoms with E-state index in [1.54, 1.807) is 6.07 Å². The lowest BCUT2D eigenvalue weighted by Gasteiger charge is -2.30. The van der Waals surface area contributed by atoms with Gasteiger partial charge in [0.15, 0.2) is 11.5 Å². The number of nitrogens with one attached hydrogen (secondary N) is 1. The SMILES string of the molecule is O=C(NC1CCCC1)C(c1cc2c(cc1[N+](=O)[O-])OCO2)N1CCc2ccccc21. The van der Waals surface area contributed by atoms with Crippen LogP contribution in [0.25, 0.3) is 0 Å². The first-order chi connectivity index (χ1) is 14.6. The Hall–Kier alpha value is -3.29. The minimum absolute atomic E-state index is 0.0153. The van der Waals surface area contributed by atoms with Crippen molar-refractivity contribution in [1.82, 2.24) is 5.32 Å². The van der Waals surface area contributed by atoms with Gasteiger partial charge in [-0.15, -0.1) is 0 Å². The number of amides is 1.